The number of likely N-dealkylation sites (tertiary alicyclic amines) is 1. The van der Waals surface area contributed by atoms with Gasteiger partial charge in [-0.2, -0.15) is 0 Å². The van der Waals surface area contributed by atoms with Crippen LogP contribution in [0.3, 0.4) is 0 Å². The number of hydrogen-bond donors (Lipinski definition) is 1. The Morgan fingerprint density at radius 2 is 1.87 bits per heavy atom. The van der Waals surface area contributed by atoms with E-state index in [4.69, 9.17) is 0 Å². The van der Waals surface area contributed by atoms with Gasteiger partial charge in [0.25, 0.3) is 0 Å². The van der Waals surface area contributed by atoms with Crippen LogP contribution in [0, 0.1) is 24.7 Å². The molecule has 0 radical (unpaired) electrons. The van der Waals surface area contributed by atoms with E-state index in [-0.39, 0.29) is 18.4 Å². The van der Waals surface area contributed by atoms with E-state index >= 15 is 0 Å². The number of aliphatic carboxylic acids is 1. The second-order valence-electron chi connectivity index (χ2n) is 11.9. The van der Waals surface area contributed by atoms with Crippen molar-refractivity contribution in [2.75, 3.05) is 6.54 Å². The van der Waals surface area contributed by atoms with Gasteiger partial charge in [0.15, 0.2) is 0 Å². The second kappa shape index (κ2) is 9.83. The summed E-state index contributed by atoms with van der Waals surface area (Å²) in [5.74, 6) is 0.938. The van der Waals surface area contributed by atoms with Crippen molar-refractivity contribution in [3.8, 4) is 0 Å². The zero-order chi connectivity index (χ0) is 26.6. The fraction of sp³-hybridized carbons (Fsp3) is 0.548. The van der Waals surface area contributed by atoms with E-state index in [1.165, 1.54) is 43.2 Å². The van der Waals surface area contributed by atoms with E-state index in [1.807, 2.05) is 26.1 Å². The molecule has 1 saturated heterocycles. The Bertz CT molecular complexity index is 1390. The highest BCUT2D eigenvalue weighted by atomic mass is 16.4. The van der Waals surface area contributed by atoms with Crippen LogP contribution in [-0.4, -0.2) is 43.4 Å². The third-order valence-corrected chi connectivity index (χ3v) is 9.74. The average molecular weight is 515 g/mol. The van der Waals surface area contributed by atoms with Crippen LogP contribution in [0.4, 0.5) is 0 Å². The Kier molecular flexibility index (Phi) is 6.48. The fourth-order valence-corrected chi connectivity index (χ4v) is 7.57. The molecule has 0 spiro atoms. The molecule has 6 rings (SSSR count). The minimum absolute atomic E-state index is 0.00278. The van der Waals surface area contributed by atoms with E-state index in [1.54, 1.807) is 4.68 Å². The van der Waals surface area contributed by atoms with E-state index in [0.717, 1.165) is 46.6 Å². The molecule has 200 valence electrons. The zero-order valence-corrected chi connectivity index (χ0v) is 22.7. The molecule has 7 heteroatoms. The second-order valence-corrected chi connectivity index (χ2v) is 11.9. The minimum atomic E-state index is -0.827. The highest BCUT2D eigenvalue weighted by Crippen LogP contribution is 2.49. The molecule has 2 aliphatic carbocycles. The van der Waals surface area contributed by atoms with Gasteiger partial charge in [-0.05, 0) is 77.8 Å². The van der Waals surface area contributed by atoms with Crippen LogP contribution in [-0.2, 0) is 23.1 Å². The SMILES string of the molecule is CCC1CCC(CN2C(=O)CC3Cc4ccc(C(CC(=O)O)c5ccc6c(nnn6C)c5C)cc4C32)CC1. The molecule has 7 nitrogen and oxygen atoms in total. The van der Waals surface area contributed by atoms with Gasteiger partial charge in [-0.15, -0.1) is 5.10 Å². The van der Waals surface area contributed by atoms with Gasteiger partial charge in [0.2, 0.25) is 5.91 Å². The van der Waals surface area contributed by atoms with Gasteiger partial charge in [-0.25, -0.2) is 4.68 Å². The van der Waals surface area contributed by atoms with Crippen molar-refractivity contribution in [2.45, 2.75) is 77.2 Å². The summed E-state index contributed by atoms with van der Waals surface area (Å²) >= 11 is 0. The van der Waals surface area contributed by atoms with Gasteiger partial charge in [-0.1, -0.05) is 55.7 Å². The Morgan fingerprint density at radius 1 is 1.11 bits per heavy atom. The van der Waals surface area contributed by atoms with Crippen LogP contribution < -0.4 is 0 Å². The van der Waals surface area contributed by atoms with Crippen molar-refractivity contribution >= 4 is 22.9 Å². The first-order valence-electron chi connectivity index (χ1n) is 14.3. The third-order valence-electron chi connectivity index (χ3n) is 9.74. The van der Waals surface area contributed by atoms with Gasteiger partial charge >= 0.3 is 5.97 Å². The molecule has 2 heterocycles. The fourth-order valence-electron chi connectivity index (χ4n) is 7.57. The lowest BCUT2D eigenvalue weighted by molar-refractivity contribution is -0.137. The number of carbonyl (C=O) groups is 2. The molecular weight excluding hydrogens is 476 g/mol. The summed E-state index contributed by atoms with van der Waals surface area (Å²) in [4.78, 5) is 27.4. The predicted octanol–water partition coefficient (Wildman–Crippen LogP) is 5.55. The maximum Gasteiger partial charge on any atom is 0.304 e. The first kappa shape index (κ1) is 25.1. The number of aryl methyl sites for hydroxylation is 2. The lowest BCUT2D eigenvalue weighted by atomic mass is 9.80. The highest BCUT2D eigenvalue weighted by molar-refractivity contribution is 5.81. The molecule has 1 N–H and O–H groups in total. The number of rotatable bonds is 7. The number of hydrogen-bond acceptors (Lipinski definition) is 4. The Balaban J connectivity index is 1.33. The predicted molar refractivity (Wildman–Crippen MR) is 146 cm³/mol. The number of carboxylic acids is 1. The first-order chi connectivity index (χ1) is 18.3. The van der Waals surface area contributed by atoms with Gasteiger partial charge in [0.05, 0.1) is 18.0 Å². The standard InChI is InChI=1S/C31H38N4O3/c1-4-19-5-7-20(8-6-19)17-35-28(36)15-23-13-21-9-10-22(14-26(21)31(23)35)25(16-29(37)38)24-11-12-27-30(18(24)2)32-33-34(27)3/h9-12,14,19-20,23,25,31H,4-8,13,15-17H2,1-3H3,(H,37,38). The van der Waals surface area contributed by atoms with Crippen molar-refractivity contribution in [3.63, 3.8) is 0 Å². The Hall–Kier alpha value is -3.22. The summed E-state index contributed by atoms with van der Waals surface area (Å²) in [6, 6.07) is 10.6. The average Bonchev–Trinajstić information content (AvgIpc) is 3.55. The maximum atomic E-state index is 13.2. The van der Waals surface area contributed by atoms with Gasteiger partial charge in [-0.3, -0.25) is 9.59 Å². The normalized spacial score (nSPS) is 25.6. The Labute approximate surface area is 224 Å². The van der Waals surface area contributed by atoms with E-state index in [2.05, 4.69) is 40.3 Å². The van der Waals surface area contributed by atoms with Crippen LogP contribution in [0.2, 0.25) is 0 Å². The van der Waals surface area contributed by atoms with Gasteiger partial charge in [0.1, 0.15) is 5.52 Å². The molecule has 1 aliphatic heterocycles. The lowest BCUT2D eigenvalue weighted by Crippen LogP contribution is -2.34. The minimum Gasteiger partial charge on any atom is -0.481 e. The molecular formula is C31H38N4O3. The summed E-state index contributed by atoms with van der Waals surface area (Å²) in [7, 11) is 1.87. The molecule has 2 fully saturated rings. The Morgan fingerprint density at radius 3 is 2.61 bits per heavy atom. The largest absolute Gasteiger partial charge is 0.481 e. The van der Waals surface area contributed by atoms with Crippen molar-refractivity contribution in [1.29, 1.82) is 0 Å². The molecule has 1 amide bonds. The molecule has 0 bridgehead atoms. The third kappa shape index (κ3) is 4.30. The van der Waals surface area contributed by atoms with Gasteiger partial charge in [0, 0.05) is 25.9 Å². The molecule has 38 heavy (non-hydrogen) atoms. The maximum absolute atomic E-state index is 13.2. The van der Waals surface area contributed by atoms with E-state index in [9.17, 15) is 14.7 Å². The first-order valence-corrected chi connectivity index (χ1v) is 14.3. The van der Waals surface area contributed by atoms with Crippen LogP contribution in [0.15, 0.2) is 30.3 Å². The number of fused-ring (bicyclic) bond motifs is 4. The summed E-state index contributed by atoms with van der Waals surface area (Å²) in [5, 5.41) is 18.4. The van der Waals surface area contributed by atoms with Crippen LogP contribution in [0.5, 0.6) is 0 Å². The quantitative estimate of drug-likeness (QED) is 0.447. The van der Waals surface area contributed by atoms with Crippen LogP contribution in [0.1, 0.15) is 91.6 Å². The summed E-state index contributed by atoms with van der Waals surface area (Å²) < 4.78 is 1.74. The number of aromatic nitrogens is 3. The summed E-state index contributed by atoms with van der Waals surface area (Å²) in [5.41, 5.74) is 7.24. The molecule has 2 aromatic carbocycles. The molecule has 3 atom stereocenters. The van der Waals surface area contributed by atoms with Crippen molar-refractivity contribution in [2.24, 2.45) is 24.8 Å². The monoisotopic (exact) mass is 514 g/mol. The number of benzene rings is 2. The van der Waals surface area contributed by atoms with Crippen molar-refractivity contribution in [3.05, 3.63) is 58.1 Å². The summed E-state index contributed by atoms with van der Waals surface area (Å²) in [6.45, 7) is 5.16. The lowest BCUT2D eigenvalue weighted by Gasteiger charge is -2.34. The van der Waals surface area contributed by atoms with E-state index in [0.29, 0.717) is 24.2 Å². The zero-order valence-electron chi connectivity index (χ0n) is 22.7. The van der Waals surface area contributed by atoms with Crippen LogP contribution >= 0.6 is 0 Å². The highest BCUT2D eigenvalue weighted by Gasteiger charge is 2.46. The van der Waals surface area contributed by atoms with Crippen LogP contribution in [0.25, 0.3) is 11.0 Å². The number of carbonyl (C=O) groups excluding carboxylic acids is 1. The molecule has 3 aliphatic rings. The molecule has 3 aromatic rings. The molecule has 3 unspecified atom stereocenters. The summed E-state index contributed by atoms with van der Waals surface area (Å²) in [6.07, 6.45) is 7.82. The smallest absolute Gasteiger partial charge is 0.304 e. The topological polar surface area (TPSA) is 88.3 Å². The number of nitrogens with zero attached hydrogens (tertiary/aromatic N) is 4. The molecule has 1 saturated carbocycles. The van der Waals surface area contributed by atoms with E-state index < -0.39 is 5.97 Å². The number of amides is 1. The molecule has 1 aromatic heterocycles. The van der Waals surface area contributed by atoms with Crippen molar-refractivity contribution < 1.29 is 14.7 Å². The van der Waals surface area contributed by atoms with Gasteiger partial charge < -0.3 is 10.0 Å². The van der Waals surface area contributed by atoms with Crippen molar-refractivity contribution in [1.82, 2.24) is 19.9 Å². The number of carboxylic acid groups (broad SMARTS) is 1.